The Morgan fingerprint density at radius 1 is 1.18 bits per heavy atom. The van der Waals surface area contributed by atoms with Crippen LogP contribution in [0.4, 0.5) is 0 Å². The Morgan fingerprint density at radius 2 is 2.00 bits per heavy atom. The van der Waals surface area contributed by atoms with Crippen molar-refractivity contribution in [2.24, 2.45) is 11.8 Å². The monoisotopic (exact) mass is 306 g/mol. The third-order valence-electron chi connectivity index (χ3n) is 5.95. The van der Waals surface area contributed by atoms with Crippen LogP contribution in [0, 0.1) is 11.8 Å². The van der Waals surface area contributed by atoms with Gasteiger partial charge in [-0.25, -0.2) is 0 Å². The Balaban J connectivity index is 1.43. The molecule has 0 N–H and O–H groups in total. The van der Waals surface area contributed by atoms with Crippen molar-refractivity contribution in [3.63, 3.8) is 0 Å². The molecule has 0 radical (unpaired) electrons. The van der Waals surface area contributed by atoms with E-state index >= 15 is 0 Å². The Kier molecular flexibility index (Phi) is 3.63. The van der Waals surface area contributed by atoms with E-state index in [1.54, 1.807) is 0 Å². The first kappa shape index (κ1) is 14.5. The number of hydrogen-bond acceptors (Lipinski definition) is 3. The number of fused-ring (bicyclic) bond motifs is 1. The average molecular weight is 306 g/mol. The molecule has 3 aliphatic heterocycles. The van der Waals surface area contributed by atoms with E-state index in [2.05, 4.69) is 11.8 Å². The standard InChI is InChI=1S/C17H26N2O3/c1-11-7-9-22-16(11)17(21)18-8-6-14-12(10-18)2-5-15(20)19(14)13-3-4-13/h11-14,16H,2-10H2,1H3/t11-,12+,14-,16+/m1/s1. The van der Waals surface area contributed by atoms with Crippen molar-refractivity contribution < 1.29 is 14.3 Å². The summed E-state index contributed by atoms with van der Waals surface area (Å²) in [6.07, 6.45) is 5.64. The lowest BCUT2D eigenvalue weighted by molar-refractivity contribution is -0.150. The molecule has 122 valence electrons. The Labute approximate surface area is 132 Å². The van der Waals surface area contributed by atoms with E-state index in [0.717, 1.165) is 32.4 Å². The number of nitrogens with zero attached hydrogens (tertiary/aromatic N) is 2. The molecule has 1 saturated carbocycles. The number of carbonyl (C=O) groups excluding carboxylic acids is 2. The van der Waals surface area contributed by atoms with Crippen molar-refractivity contribution in [3.05, 3.63) is 0 Å². The molecule has 3 heterocycles. The summed E-state index contributed by atoms with van der Waals surface area (Å²) in [5.74, 6) is 1.32. The SMILES string of the molecule is C[C@@H]1CCO[C@@H]1C(=O)N1CC[C@@H]2[C@@H](CCC(=O)N2C2CC2)C1. The van der Waals surface area contributed by atoms with Gasteiger partial charge in [-0.3, -0.25) is 9.59 Å². The summed E-state index contributed by atoms with van der Waals surface area (Å²) < 4.78 is 5.65. The smallest absolute Gasteiger partial charge is 0.251 e. The lowest BCUT2D eigenvalue weighted by Crippen LogP contribution is -2.58. The zero-order valence-corrected chi connectivity index (χ0v) is 13.4. The predicted octanol–water partition coefficient (Wildman–Crippen LogP) is 1.41. The van der Waals surface area contributed by atoms with Crippen molar-refractivity contribution in [1.82, 2.24) is 9.80 Å². The van der Waals surface area contributed by atoms with Gasteiger partial charge in [0.05, 0.1) is 0 Å². The van der Waals surface area contributed by atoms with E-state index in [9.17, 15) is 9.59 Å². The van der Waals surface area contributed by atoms with Crippen molar-refractivity contribution >= 4 is 11.8 Å². The van der Waals surface area contributed by atoms with Gasteiger partial charge in [0.2, 0.25) is 5.91 Å². The Hall–Kier alpha value is -1.10. The first-order chi connectivity index (χ1) is 10.6. The average Bonchev–Trinajstić information content (AvgIpc) is 3.26. The van der Waals surface area contributed by atoms with Crippen LogP contribution in [0.15, 0.2) is 0 Å². The summed E-state index contributed by atoms with van der Waals surface area (Å²) in [6.45, 7) is 4.41. The van der Waals surface area contributed by atoms with Gasteiger partial charge in [-0.15, -0.1) is 0 Å². The zero-order chi connectivity index (χ0) is 15.3. The molecule has 2 amide bonds. The van der Waals surface area contributed by atoms with Crippen LogP contribution in [0.3, 0.4) is 0 Å². The van der Waals surface area contributed by atoms with Crippen LogP contribution >= 0.6 is 0 Å². The van der Waals surface area contributed by atoms with Crippen molar-refractivity contribution in [1.29, 1.82) is 0 Å². The third kappa shape index (κ3) is 2.43. The highest BCUT2D eigenvalue weighted by Crippen LogP contribution is 2.39. The topological polar surface area (TPSA) is 49.9 Å². The fourth-order valence-corrected chi connectivity index (χ4v) is 4.51. The number of carbonyl (C=O) groups is 2. The Bertz CT molecular complexity index is 477. The third-order valence-corrected chi connectivity index (χ3v) is 5.95. The summed E-state index contributed by atoms with van der Waals surface area (Å²) >= 11 is 0. The van der Waals surface area contributed by atoms with Crippen LogP contribution < -0.4 is 0 Å². The van der Waals surface area contributed by atoms with Crippen molar-refractivity contribution in [2.75, 3.05) is 19.7 Å². The maximum Gasteiger partial charge on any atom is 0.251 e. The fourth-order valence-electron chi connectivity index (χ4n) is 4.51. The van der Waals surface area contributed by atoms with Crippen molar-refractivity contribution in [2.45, 2.75) is 63.6 Å². The molecule has 0 bridgehead atoms. The highest BCUT2D eigenvalue weighted by atomic mass is 16.5. The van der Waals surface area contributed by atoms with Crippen LogP contribution in [0.1, 0.15) is 45.4 Å². The molecule has 5 heteroatoms. The first-order valence-electron chi connectivity index (χ1n) is 8.86. The normalized spacial score (nSPS) is 39.0. The van der Waals surface area contributed by atoms with Crippen molar-refractivity contribution in [3.8, 4) is 0 Å². The molecule has 4 rings (SSSR count). The number of amides is 2. The van der Waals surface area contributed by atoms with E-state index < -0.39 is 0 Å². The Morgan fingerprint density at radius 3 is 2.68 bits per heavy atom. The minimum atomic E-state index is -0.235. The molecule has 3 saturated heterocycles. The van der Waals surface area contributed by atoms with Crippen LogP contribution in [-0.4, -0.2) is 59.5 Å². The largest absolute Gasteiger partial charge is 0.368 e. The molecule has 1 aliphatic carbocycles. The number of rotatable bonds is 2. The van der Waals surface area contributed by atoms with Gasteiger partial charge in [-0.1, -0.05) is 6.92 Å². The molecule has 0 aromatic rings. The molecule has 4 fully saturated rings. The van der Waals surface area contributed by atoms with Gasteiger partial charge < -0.3 is 14.5 Å². The minimum absolute atomic E-state index is 0.179. The summed E-state index contributed by atoms with van der Waals surface area (Å²) in [4.78, 5) is 29.1. The molecular formula is C17H26N2O3. The first-order valence-corrected chi connectivity index (χ1v) is 8.86. The second-order valence-electron chi connectivity index (χ2n) is 7.53. The lowest BCUT2D eigenvalue weighted by Gasteiger charge is -2.47. The maximum atomic E-state index is 12.7. The molecule has 5 nitrogen and oxygen atoms in total. The summed E-state index contributed by atoms with van der Waals surface area (Å²) in [6, 6.07) is 0.875. The molecular weight excluding hydrogens is 280 g/mol. The van der Waals surface area contributed by atoms with Crippen LogP contribution in [-0.2, 0) is 14.3 Å². The van der Waals surface area contributed by atoms with Gasteiger partial charge >= 0.3 is 0 Å². The second-order valence-corrected chi connectivity index (χ2v) is 7.53. The van der Waals surface area contributed by atoms with Gasteiger partial charge in [0.15, 0.2) is 0 Å². The molecule has 0 aromatic heterocycles. The molecule has 0 spiro atoms. The quantitative estimate of drug-likeness (QED) is 0.775. The molecule has 0 unspecified atom stereocenters. The van der Waals surface area contributed by atoms with Crippen LogP contribution in [0.25, 0.3) is 0 Å². The molecule has 0 aromatic carbocycles. The van der Waals surface area contributed by atoms with E-state index in [1.807, 2.05) is 4.90 Å². The second kappa shape index (κ2) is 5.52. The van der Waals surface area contributed by atoms with Gasteiger partial charge in [-0.2, -0.15) is 0 Å². The number of likely N-dealkylation sites (tertiary alicyclic amines) is 2. The molecule has 22 heavy (non-hydrogen) atoms. The van der Waals surface area contributed by atoms with E-state index in [0.29, 0.717) is 42.9 Å². The highest BCUT2D eigenvalue weighted by molar-refractivity contribution is 5.82. The summed E-state index contributed by atoms with van der Waals surface area (Å²) in [5.41, 5.74) is 0. The van der Waals surface area contributed by atoms with E-state index in [-0.39, 0.29) is 12.0 Å². The number of ether oxygens (including phenoxy) is 1. The van der Waals surface area contributed by atoms with Crippen LogP contribution in [0.2, 0.25) is 0 Å². The van der Waals surface area contributed by atoms with Crippen LogP contribution in [0.5, 0.6) is 0 Å². The minimum Gasteiger partial charge on any atom is -0.368 e. The zero-order valence-electron chi connectivity index (χ0n) is 13.4. The lowest BCUT2D eigenvalue weighted by atomic mass is 9.83. The summed E-state index contributed by atoms with van der Waals surface area (Å²) in [5, 5.41) is 0. The van der Waals surface area contributed by atoms with Gasteiger partial charge in [0.1, 0.15) is 6.10 Å². The fraction of sp³-hybridized carbons (Fsp3) is 0.882. The molecule has 4 atom stereocenters. The predicted molar refractivity (Wildman–Crippen MR) is 81.1 cm³/mol. The number of hydrogen-bond donors (Lipinski definition) is 0. The summed E-state index contributed by atoms with van der Waals surface area (Å²) in [7, 11) is 0. The van der Waals surface area contributed by atoms with Gasteiger partial charge in [0.25, 0.3) is 5.91 Å². The highest BCUT2D eigenvalue weighted by Gasteiger charge is 2.46. The molecule has 4 aliphatic rings. The van der Waals surface area contributed by atoms with E-state index in [4.69, 9.17) is 4.74 Å². The van der Waals surface area contributed by atoms with E-state index in [1.165, 1.54) is 12.8 Å². The van der Waals surface area contributed by atoms with Gasteiger partial charge in [0, 0.05) is 38.2 Å². The number of piperidine rings is 2. The van der Waals surface area contributed by atoms with Gasteiger partial charge in [-0.05, 0) is 43.9 Å². The maximum absolute atomic E-state index is 12.7.